The minimum absolute atomic E-state index is 0.0334. The van der Waals surface area contributed by atoms with E-state index >= 15 is 0 Å². The smallest absolute Gasteiger partial charge is 0.283 e. The second-order valence-electron chi connectivity index (χ2n) is 6.87. The molecule has 0 aliphatic carbocycles. The first-order valence-corrected chi connectivity index (χ1v) is 10.6. The number of nitrogens with zero attached hydrogens (tertiary/aromatic N) is 1. The van der Waals surface area contributed by atoms with Crippen LogP contribution in [0.2, 0.25) is 10.0 Å². The maximum absolute atomic E-state index is 13.1. The van der Waals surface area contributed by atoms with Crippen LogP contribution in [0.25, 0.3) is 0 Å². The van der Waals surface area contributed by atoms with Crippen LogP contribution in [0, 0.1) is 5.82 Å². The van der Waals surface area contributed by atoms with E-state index in [9.17, 15) is 18.8 Å². The molecule has 6 nitrogen and oxygen atoms in total. The molecule has 0 fully saturated rings. The first-order valence-electron chi connectivity index (χ1n) is 9.43. The number of imide groups is 1. The molecule has 0 aromatic heterocycles. The van der Waals surface area contributed by atoms with Crippen molar-refractivity contribution in [3.63, 3.8) is 0 Å². The number of rotatable bonds is 5. The monoisotopic (exact) mass is 503 g/mol. The molecule has 3 aromatic rings. The molecule has 0 saturated carbocycles. The third kappa shape index (κ3) is 4.57. The number of benzene rings is 3. The van der Waals surface area contributed by atoms with Gasteiger partial charge in [-0.25, -0.2) is 9.29 Å². The fraction of sp³-hybridized carbons (Fsp3) is 0. The Kier molecular flexibility index (Phi) is 6.37. The first-order chi connectivity index (χ1) is 15.8. The Bertz CT molecular complexity index is 1330. The fourth-order valence-electron chi connectivity index (χ4n) is 3.11. The molecule has 4 rings (SSSR count). The number of amides is 3. The van der Waals surface area contributed by atoms with E-state index in [0.717, 1.165) is 4.90 Å². The highest BCUT2D eigenvalue weighted by Crippen LogP contribution is 2.37. The van der Waals surface area contributed by atoms with Crippen LogP contribution in [-0.4, -0.2) is 17.7 Å². The van der Waals surface area contributed by atoms with Gasteiger partial charge >= 0.3 is 0 Å². The molecule has 2 N–H and O–H groups in total. The number of anilines is 3. The molecule has 1 aliphatic heterocycles. The highest BCUT2D eigenvalue weighted by Gasteiger charge is 2.40. The van der Waals surface area contributed by atoms with Gasteiger partial charge in [-0.15, -0.1) is 0 Å². The number of carbonyl (C=O) groups excluding carboxylic acids is 3. The van der Waals surface area contributed by atoms with E-state index in [-0.39, 0.29) is 32.0 Å². The summed E-state index contributed by atoms with van der Waals surface area (Å²) in [5.74, 6) is -2.37. The average Bonchev–Trinajstić information content (AvgIpc) is 3.00. The third-order valence-corrected chi connectivity index (χ3v) is 5.86. The Balaban J connectivity index is 1.56. The van der Waals surface area contributed by atoms with Crippen LogP contribution in [0.15, 0.2) is 77.5 Å². The minimum Gasteiger partial charge on any atom is -0.350 e. The van der Waals surface area contributed by atoms with Gasteiger partial charge in [0.15, 0.2) is 0 Å². The molecule has 1 heterocycles. The van der Waals surface area contributed by atoms with E-state index in [1.807, 2.05) is 0 Å². The van der Waals surface area contributed by atoms with Gasteiger partial charge < -0.3 is 10.6 Å². The van der Waals surface area contributed by atoms with Crippen LogP contribution >= 0.6 is 34.8 Å². The summed E-state index contributed by atoms with van der Waals surface area (Å²) >= 11 is 18.3. The van der Waals surface area contributed by atoms with E-state index in [4.69, 9.17) is 34.8 Å². The zero-order valence-electron chi connectivity index (χ0n) is 16.5. The molecule has 0 bridgehead atoms. The van der Waals surface area contributed by atoms with E-state index in [1.54, 1.807) is 24.3 Å². The van der Waals surface area contributed by atoms with Gasteiger partial charge in [-0.05, 0) is 54.6 Å². The van der Waals surface area contributed by atoms with Crippen molar-refractivity contribution in [2.24, 2.45) is 0 Å². The van der Waals surface area contributed by atoms with E-state index in [2.05, 4.69) is 10.6 Å². The van der Waals surface area contributed by atoms with Crippen molar-refractivity contribution < 1.29 is 18.8 Å². The number of nitrogens with one attached hydrogen (secondary N) is 2. The van der Waals surface area contributed by atoms with Gasteiger partial charge in [-0.3, -0.25) is 14.4 Å². The quantitative estimate of drug-likeness (QED) is 0.429. The van der Waals surface area contributed by atoms with Crippen molar-refractivity contribution in [1.29, 1.82) is 0 Å². The van der Waals surface area contributed by atoms with Crippen molar-refractivity contribution in [2.75, 3.05) is 15.5 Å². The zero-order valence-corrected chi connectivity index (χ0v) is 18.8. The van der Waals surface area contributed by atoms with E-state index in [1.165, 1.54) is 42.5 Å². The molecule has 0 saturated heterocycles. The number of halogens is 4. The lowest BCUT2D eigenvalue weighted by molar-refractivity contribution is -0.120. The molecule has 3 aromatic carbocycles. The van der Waals surface area contributed by atoms with E-state index < -0.39 is 23.5 Å². The molecule has 10 heteroatoms. The maximum Gasteiger partial charge on any atom is 0.283 e. The highest BCUT2D eigenvalue weighted by atomic mass is 35.5. The Morgan fingerprint density at radius 2 is 1.55 bits per heavy atom. The van der Waals surface area contributed by atoms with Crippen molar-refractivity contribution in [1.82, 2.24) is 0 Å². The lowest BCUT2D eigenvalue weighted by Gasteiger charge is -2.17. The van der Waals surface area contributed by atoms with Gasteiger partial charge in [-0.1, -0.05) is 46.9 Å². The lowest BCUT2D eigenvalue weighted by Crippen LogP contribution is -2.32. The second-order valence-corrected chi connectivity index (χ2v) is 8.04. The fourth-order valence-corrected chi connectivity index (χ4v) is 3.71. The Labute approximate surface area is 202 Å². The molecular formula is C23H13Cl3FN3O3. The largest absolute Gasteiger partial charge is 0.350 e. The molecule has 0 unspecified atom stereocenters. The van der Waals surface area contributed by atoms with Crippen LogP contribution in [0.4, 0.5) is 21.5 Å². The summed E-state index contributed by atoms with van der Waals surface area (Å²) in [6.07, 6.45) is 0. The van der Waals surface area contributed by atoms with Crippen molar-refractivity contribution in [3.05, 3.63) is 98.9 Å². The normalized spacial score (nSPS) is 13.5. The summed E-state index contributed by atoms with van der Waals surface area (Å²) in [7, 11) is 0. The van der Waals surface area contributed by atoms with Crippen molar-refractivity contribution in [2.45, 2.75) is 0 Å². The summed E-state index contributed by atoms with van der Waals surface area (Å²) < 4.78 is 13.1. The molecule has 166 valence electrons. The standard InChI is InChI=1S/C23H13Cl3FN3O3/c24-16-5-2-6-17(18(16)25)30-22(32)19(26)20(23(30)33)28-15-4-1-3-12(11-15)21(31)29-14-9-7-13(27)8-10-14/h1-11,28H,(H,29,31). The lowest BCUT2D eigenvalue weighted by atomic mass is 10.1. The van der Waals surface area contributed by atoms with Gasteiger partial charge in [0.05, 0.1) is 15.7 Å². The molecule has 0 atom stereocenters. The van der Waals surface area contributed by atoms with Gasteiger partial charge in [0, 0.05) is 16.9 Å². The van der Waals surface area contributed by atoms with Crippen LogP contribution in [0.5, 0.6) is 0 Å². The first kappa shape index (κ1) is 22.8. The van der Waals surface area contributed by atoms with Crippen molar-refractivity contribution >= 4 is 69.6 Å². The van der Waals surface area contributed by atoms with Crippen molar-refractivity contribution in [3.8, 4) is 0 Å². The SMILES string of the molecule is O=C(Nc1ccc(F)cc1)c1cccc(NC2=C(Cl)C(=O)N(c3cccc(Cl)c3Cl)C2=O)c1. The topological polar surface area (TPSA) is 78.5 Å². The van der Waals surface area contributed by atoms with Gasteiger partial charge in [0.25, 0.3) is 17.7 Å². The predicted molar refractivity (Wildman–Crippen MR) is 126 cm³/mol. The molecular weight excluding hydrogens is 492 g/mol. The minimum atomic E-state index is -0.765. The molecule has 3 amide bonds. The molecule has 33 heavy (non-hydrogen) atoms. The Morgan fingerprint density at radius 1 is 0.848 bits per heavy atom. The average molecular weight is 505 g/mol. The second kappa shape index (κ2) is 9.23. The van der Waals surface area contributed by atoms with Crippen LogP contribution in [0.1, 0.15) is 10.4 Å². The summed E-state index contributed by atoms with van der Waals surface area (Å²) in [6.45, 7) is 0. The maximum atomic E-state index is 13.1. The summed E-state index contributed by atoms with van der Waals surface area (Å²) in [5.41, 5.74) is 0.939. The third-order valence-electron chi connectivity index (χ3n) is 4.70. The van der Waals surface area contributed by atoms with Crippen LogP contribution in [0.3, 0.4) is 0 Å². The highest BCUT2D eigenvalue weighted by molar-refractivity contribution is 6.54. The van der Waals surface area contributed by atoms with Gasteiger partial charge in [0.1, 0.15) is 16.5 Å². The molecule has 0 radical (unpaired) electrons. The van der Waals surface area contributed by atoms with Gasteiger partial charge in [0.2, 0.25) is 0 Å². The summed E-state index contributed by atoms with van der Waals surface area (Å²) in [6, 6.07) is 16.1. The zero-order chi connectivity index (χ0) is 23.7. The molecule has 1 aliphatic rings. The van der Waals surface area contributed by atoms with Gasteiger partial charge in [-0.2, -0.15) is 0 Å². The van der Waals surface area contributed by atoms with Crippen LogP contribution < -0.4 is 15.5 Å². The summed E-state index contributed by atoms with van der Waals surface area (Å²) in [4.78, 5) is 39.0. The van der Waals surface area contributed by atoms with E-state index in [0.29, 0.717) is 11.4 Å². The predicted octanol–water partition coefficient (Wildman–Crippen LogP) is 5.82. The molecule has 0 spiro atoms. The number of hydrogen-bond acceptors (Lipinski definition) is 4. The number of hydrogen-bond donors (Lipinski definition) is 2. The Morgan fingerprint density at radius 3 is 2.27 bits per heavy atom. The Hall–Kier alpha value is -3.39. The van der Waals surface area contributed by atoms with Crippen LogP contribution in [-0.2, 0) is 9.59 Å². The number of carbonyl (C=O) groups is 3. The summed E-state index contributed by atoms with van der Waals surface area (Å²) in [5, 5.41) is 5.32.